The summed E-state index contributed by atoms with van der Waals surface area (Å²) in [6.07, 6.45) is 5.15. The summed E-state index contributed by atoms with van der Waals surface area (Å²) < 4.78 is 0. The lowest BCUT2D eigenvalue weighted by atomic mass is 9.87. The van der Waals surface area contributed by atoms with E-state index in [4.69, 9.17) is 6.42 Å². The molecule has 0 saturated heterocycles. The predicted octanol–water partition coefficient (Wildman–Crippen LogP) is 1.58. The standard InChI is InChI=1S/C12H24N2/c1-7-8-13-9-10-14(6)11(2)12(3,4)5/h1,11,13H,8-10H2,2-6H3. The van der Waals surface area contributed by atoms with Crippen molar-refractivity contribution >= 4 is 0 Å². The molecule has 0 aliphatic carbocycles. The van der Waals surface area contributed by atoms with Gasteiger partial charge >= 0.3 is 0 Å². The maximum atomic E-state index is 5.15. The summed E-state index contributed by atoms with van der Waals surface area (Å²) in [6.45, 7) is 11.7. The number of hydrogen-bond acceptors (Lipinski definition) is 2. The second-order valence-corrected chi connectivity index (χ2v) is 4.90. The third-order valence-electron chi connectivity index (χ3n) is 2.78. The van der Waals surface area contributed by atoms with Crippen LogP contribution in [0, 0.1) is 17.8 Å². The molecular weight excluding hydrogens is 172 g/mol. The van der Waals surface area contributed by atoms with Crippen molar-refractivity contribution in [1.82, 2.24) is 10.2 Å². The van der Waals surface area contributed by atoms with Gasteiger partial charge in [0.1, 0.15) is 0 Å². The summed E-state index contributed by atoms with van der Waals surface area (Å²) in [4.78, 5) is 2.36. The molecule has 82 valence electrons. The van der Waals surface area contributed by atoms with Crippen molar-refractivity contribution in [3.8, 4) is 12.3 Å². The number of nitrogens with one attached hydrogen (secondary N) is 1. The van der Waals surface area contributed by atoms with Crippen LogP contribution in [0.3, 0.4) is 0 Å². The monoisotopic (exact) mass is 196 g/mol. The van der Waals surface area contributed by atoms with E-state index < -0.39 is 0 Å². The molecule has 0 bridgehead atoms. The molecule has 0 aromatic carbocycles. The van der Waals surface area contributed by atoms with Crippen LogP contribution in [0.15, 0.2) is 0 Å². The molecular formula is C12H24N2. The van der Waals surface area contributed by atoms with Crippen LogP contribution in [-0.4, -0.2) is 37.6 Å². The SMILES string of the molecule is C#CCNCCN(C)C(C)C(C)(C)C. The summed E-state index contributed by atoms with van der Waals surface area (Å²) in [5.74, 6) is 2.57. The number of likely N-dealkylation sites (N-methyl/N-ethyl adjacent to an activating group) is 1. The van der Waals surface area contributed by atoms with Gasteiger partial charge in [-0.25, -0.2) is 0 Å². The zero-order valence-corrected chi connectivity index (χ0v) is 10.2. The molecule has 0 heterocycles. The van der Waals surface area contributed by atoms with Gasteiger partial charge in [-0.1, -0.05) is 26.7 Å². The van der Waals surface area contributed by atoms with Crippen molar-refractivity contribution in [3.05, 3.63) is 0 Å². The van der Waals surface area contributed by atoms with E-state index in [1.54, 1.807) is 0 Å². The Labute approximate surface area is 89.1 Å². The molecule has 0 radical (unpaired) electrons. The van der Waals surface area contributed by atoms with Gasteiger partial charge in [-0.3, -0.25) is 0 Å². The lowest BCUT2D eigenvalue weighted by Gasteiger charge is -2.35. The van der Waals surface area contributed by atoms with Crippen LogP contribution in [0.25, 0.3) is 0 Å². The highest BCUT2D eigenvalue weighted by Crippen LogP contribution is 2.22. The van der Waals surface area contributed by atoms with Crippen molar-refractivity contribution in [2.75, 3.05) is 26.7 Å². The summed E-state index contributed by atoms with van der Waals surface area (Å²) in [6, 6.07) is 0.579. The molecule has 1 atom stereocenters. The first-order chi connectivity index (χ1) is 6.39. The first-order valence-corrected chi connectivity index (χ1v) is 5.24. The molecule has 0 saturated carbocycles. The Morgan fingerprint density at radius 2 is 2.00 bits per heavy atom. The molecule has 1 unspecified atom stereocenters. The highest BCUT2D eigenvalue weighted by atomic mass is 15.1. The van der Waals surface area contributed by atoms with Crippen molar-refractivity contribution in [3.63, 3.8) is 0 Å². The van der Waals surface area contributed by atoms with E-state index in [1.165, 1.54) is 0 Å². The van der Waals surface area contributed by atoms with Crippen LogP contribution < -0.4 is 5.32 Å². The van der Waals surface area contributed by atoms with Crippen molar-refractivity contribution < 1.29 is 0 Å². The third-order valence-corrected chi connectivity index (χ3v) is 2.78. The minimum absolute atomic E-state index is 0.334. The van der Waals surface area contributed by atoms with E-state index in [0.29, 0.717) is 18.0 Å². The second-order valence-electron chi connectivity index (χ2n) is 4.90. The molecule has 0 aliphatic heterocycles. The van der Waals surface area contributed by atoms with E-state index in [0.717, 1.165) is 13.1 Å². The maximum absolute atomic E-state index is 5.15. The topological polar surface area (TPSA) is 15.3 Å². The molecule has 0 aromatic rings. The van der Waals surface area contributed by atoms with E-state index in [-0.39, 0.29) is 0 Å². The van der Waals surface area contributed by atoms with Gasteiger partial charge in [0.05, 0.1) is 6.54 Å². The summed E-state index contributed by atoms with van der Waals surface area (Å²) >= 11 is 0. The number of nitrogens with zero attached hydrogens (tertiary/aromatic N) is 1. The first kappa shape index (κ1) is 13.5. The number of hydrogen-bond donors (Lipinski definition) is 1. The summed E-state index contributed by atoms with van der Waals surface area (Å²) in [5.41, 5.74) is 0.334. The Kier molecular flexibility index (Phi) is 5.83. The van der Waals surface area contributed by atoms with Crippen molar-refractivity contribution in [2.24, 2.45) is 5.41 Å². The van der Waals surface area contributed by atoms with Crippen LogP contribution in [0.4, 0.5) is 0 Å². The Morgan fingerprint density at radius 3 is 2.43 bits per heavy atom. The van der Waals surface area contributed by atoms with Gasteiger partial charge in [-0.15, -0.1) is 6.42 Å². The maximum Gasteiger partial charge on any atom is 0.0574 e. The zero-order chi connectivity index (χ0) is 11.2. The predicted molar refractivity (Wildman–Crippen MR) is 63.2 cm³/mol. The Balaban J connectivity index is 3.74. The van der Waals surface area contributed by atoms with E-state index in [9.17, 15) is 0 Å². The molecule has 0 rings (SSSR count). The fraction of sp³-hybridized carbons (Fsp3) is 0.833. The van der Waals surface area contributed by atoms with E-state index >= 15 is 0 Å². The Hall–Kier alpha value is -0.520. The highest BCUT2D eigenvalue weighted by molar-refractivity contribution is 4.86. The molecule has 0 spiro atoms. The van der Waals surface area contributed by atoms with Gasteiger partial charge < -0.3 is 10.2 Å². The fourth-order valence-corrected chi connectivity index (χ4v) is 1.27. The van der Waals surface area contributed by atoms with Gasteiger partial charge in [0, 0.05) is 19.1 Å². The average molecular weight is 196 g/mol. The van der Waals surface area contributed by atoms with Crippen LogP contribution in [0.1, 0.15) is 27.7 Å². The molecule has 0 aliphatic rings. The number of terminal acetylenes is 1. The fourth-order valence-electron chi connectivity index (χ4n) is 1.27. The quantitative estimate of drug-likeness (QED) is 0.530. The molecule has 2 heteroatoms. The molecule has 2 nitrogen and oxygen atoms in total. The zero-order valence-electron chi connectivity index (χ0n) is 10.2. The molecule has 0 amide bonds. The largest absolute Gasteiger partial charge is 0.305 e. The molecule has 0 aromatic heterocycles. The van der Waals surface area contributed by atoms with Gasteiger partial charge in [0.2, 0.25) is 0 Å². The highest BCUT2D eigenvalue weighted by Gasteiger charge is 2.23. The first-order valence-electron chi connectivity index (χ1n) is 5.24. The smallest absolute Gasteiger partial charge is 0.0574 e. The molecule has 0 fully saturated rings. The van der Waals surface area contributed by atoms with E-state index in [2.05, 4.69) is 50.9 Å². The summed E-state index contributed by atoms with van der Waals surface area (Å²) in [5, 5.41) is 3.19. The average Bonchev–Trinajstić information content (AvgIpc) is 2.09. The van der Waals surface area contributed by atoms with Gasteiger partial charge in [-0.2, -0.15) is 0 Å². The number of rotatable bonds is 5. The molecule has 14 heavy (non-hydrogen) atoms. The van der Waals surface area contributed by atoms with Crippen LogP contribution in [-0.2, 0) is 0 Å². The van der Waals surface area contributed by atoms with Gasteiger partial charge in [0.15, 0.2) is 0 Å². The lowest BCUT2D eigenvalue weighted by Crippen LogP contribution is -2.42. The van der Waals surface area contributed by atoms with Crippen LogP contribution >= 0.6 is 0 Å². The van der Waals surface area contributed by atoms with Gasteiger partial charge in [0.25, 0.3) is 0 Å². The van der Waals surface area contributed by atoms with Crippen LogP contribution in [0.2, 0.25) is 0 Å². The molecule has 1 N–H and O–H groups in total. The van der Waals surface area contributed by atoms with Gasteiger partial charge in [-0.05, 0) is 19.4 Å². The van der Waals surface area contributed by atoms with E-state index in [1.807, 2.05) is 0 Å². The Bertz CT molecular complexity index is 185. The van der Waals surface area contributed by atoms with Crippen LogP contribution in [0.5, 0.6) is 0 Å². The van der Waals surface area contributed by atoms with Crippen molar-refractivity contribution in [2.45, 2.75) is 33.7 Å². The third kappa shape index (κ3) is 5.26. The second kappa shape index (κ2) is 6.06. The normalized spacial score (nSPS) is 14.1. The minimum atomic E-state index is 0.334. The van der Waals surface area contributed by atoms with Crippen molar-refractivity contribution in [1.29, 1.82) is 0 Å². The minimum Gasteiger partial charge on any atom is -0.305 e. The Morgan fingerprint density at radius 1 is 1.43 bits per heavy atom. The summed E-state index contributed by atoms with van der Waals surface area (Å²) in [7, 11) is 2.16. The lowest BCUT2D eigenvalue weighted by molar-refractivity contribution is 0.142.